The molecule has 1 saturated carbocycles. The van der Waals surface area contributed by atoms with Crippen LogP contribution in [0.4, 0.5) is 0 Å². The maximum absolute atomic E-state index is 10.2. The highest BCUT2D eigenvalue weighted by atomic mass is 16.5. The van der Waals surface area contributed by atoms with Crippen molar-refractivity contribution < 1.29 is 9.84 Å². The normalized spacial score (nSPS) is 23.5. The molecular weight excluding hydrogens is 274 g/mol. The largest absolute Gasteiger partial charge is 0.491 e. The molecule has 2 N–H and O–H groups in total. The summed E-state index contributed by atoms with van der Waals surface area (Å²) in [5.74, 6) is 2.03. The quantitative estimate of drug-likeness (QED) is 0.807. The first-order valence-electron chi connectivity index (χ1n) is 8.71. The molecule has 1 aromatic carbocycles. The van der Waals surface area contributed by atoms with Crippen molar-refractivity contribution in [2.75, 3.05) is 13.2 Å². The topological polar surface area (TPSA) is 41.5 Å². The van der Waals surface area contributed by atoms with E-state index in [0.29, 0.717) is 31.0 Å². The Labute approximate surface area is 135 Å². The van der Waals surface area contributed by atoms with Crippen LogP contribution in [0.2, 0.25) is 0 Å². The molecule has 1 aliphatic rings. The van der Waals surface area contributed by atoms with E-state index < -0.39 is 6.10 Å². The molecule has 2 rings (SSSR count). The predicted octanol–water partition coefficient (Wildman–Crippen LogP) is 3.72. The summed E-state index contributed by atoms with van der Waals surface area (Å²) in [5, 5.41) is 13.7. The molecule has 22 heavy (non-hydrogen) atoms. The van der Waals surface area contributed by atoms with Crippen LogP contribution in [0, 0.1) is 5.92 Å². The Morgan fingerprint density at radius 3 is 2.68 bits per heavy atom. The molecule has 3 heteroatoms. The van der Waals surface area contributed by atoms with Crippen molar-refractivity contribution in [3.8, 4) is 5.75 Å². The van der Waals surface area contributed by atoms with E-state index in [0.717, 1.165) is 5.75 Å². The van der Waals surface area contributed by atoms with E-state index in [9.17, 15) is 5.11 Å². The number of ether oxygens (including phenoxy) is 1. The van der Waals surface area contributed by atoms with Crippen LogP contribution in [0.25, 0.3) is 0 Å². The fraction of sp³-hybridized carbons (Fsp3) is 0.684. The van der Waals surface area contributed by atoms with Crippen molar-refractivity contribution in [1.29, 1.82) is 0 Å². The van der Waals surface area contributed by atoms with Gasteiger partial charge in [0.2, 0.25) is 0 Å². The highest BCUT2D eigenvalue weighted by molar-refractivity contribution is 5.35. The zero-order valence-electron chi connectivity index (χ0n) is 14.2. The molecule has 0 amide bonds. The van der Waals surface area contributed by atoms with Gasteiger partial charge in [-0.1, -0.05) is 51.8 Å². The third-order valence-corrected chi connectivity index (χ3v) is 4.70. The first-order chi connectivity index (χ1) is 10.6. The number of hydrogen-bond donors (Lipinski definition) is 2. The summed E-state index contributed by atoms with van der Waals surface area (Å²) in [4.78, 5) is 0. The Morgan fingerprint density at radius 2 is 1.95 bits per heavy atom. The Morgan fingerprint density at radius 1 is 1.23 bits per heavy atom. The second-order valence-corrected chi connectivity index (χ2v) is 6.93. The molecule has 0 unspecified atom stereocenters. The summed E-state index contributed by atoms with van der Waals surface area (Å²) < 4.78 is 5.84. The number of nitrogens with one attached hydrogen (secondary N) is 1. The molecule has 1 aliphatic carbocycles. The van der Waals surface area contributed by atoms with Gasteiger partial charge < -0.3 is 15.2 Å². The fourth-order valence-corrected chi connectivity index (χ4v) is 3.24. The lowest BCUT2D eigenvalue weighted by atomic mass is 9.86. The van der Waals surface area contributed by atoms with Gasteiger partial charge in [0.15, 0.2) is 0 Å². The smallest absolute Gasteiger partial charge is 0.122 e. The molecule has 0 saturated heterocycles. The second-order valence-electron chi connectivity index (χ2n) is 6.93. The first kappa shape index (κ1) is 17.3. The minimum absolute atomic E-state index is 0.345. The van der Waals surface area contributed by atoms with E-state index in [1.807, 2.05) is 18.2 Å². The van der Waals surface area contributed by atoms with Gasteiger partial charge in [0, 0.05) is 12.6 Å². The molecule has 3 nitrogen and oxygen atoms in total. The summed E-state index contributed by atoms with van der Waals surface area (Å²) in [6, 6.07) is 8.64. The molecule has 124 valence electrons. The lowest BCUT2D eigenvalue weighted by Crippen LogP contribution is -2.42. The Bertz CT molecular complexity index is 447. The molecule has 1 aromatic rings. The van der Waals surface area contributed by atoms with Crippen LogP contribution in [0.5, 0.6) is 5.75 Å². The zero-order valence-corrected chi connectivity index (χ0v) is 14.2. The minimum Gasteiger partial charge on any atom is -0.491 e. The highest BCUT2D eigenvalue weighted by Crippen LogP contribution is 2.26. The molecule has 0 bridgehead atoms. The predicted molar refractivity (Wildman–Crippen MR) is 91.5 cm³/mol. The van der Waals surface area contributed by atoms with Crippen LogP contribution in [0.1, 0.15) is 57.9 Å². The SMILES string of the molecule is CC(C)c1ccccc1OC[C@@H](O)CN[C@H]1CCCC[C@H]1C. The molecule has 0 aliphatic heterocycles. The average molecular weight is 305 g/mol. The number of aliphatic hydroxyl groups is 1. The van der Waals surface area contributed by atoms with E-state index in [1.54, 1.807) is 0 Å². The summed E-state index contributed by atoms with van der Waals surface area (Å²) in [7, 11) is 0. The van der Waals surface area contributed by atoms with Gasteiger partial charge in [-0.15, -0.1) is 0 Å². The van der Waals surface area contributed by atoms with Gasteiger partial charge in [-0.05, 0) is 36.3 Å². The third kappa shape index (κ3) is 4.99. The Balaban J connectivity index is 1.77. The van der Waals surface area contributed by atoms with Crippen LogP contribution in [-0.4, -0.2) is 30.4 Å². The lowest BCUT2D eigenvalue weighted by Gasteiger charge is -2.30. The summed E-state index contributed by atoms with van der Waals surface area (Å²) >= 11 is 0. The molecule has 1 fully saturated rings. The van der Waals surface area contributed by atoms with Gasteiger partial charge in [-0.25, -0.2) is 0 Å². The maximum Gasteiger partial charge on any atom is 0.122 e. The Hall–Kier alpha value is -1.06. The van der Waals surface area contributed by atoms with Gasteiger partial charge in [0.1, 0.15) is 18.5 Å². The van der Waals surface area contributed by atoms with Gasteiger partial charge >= 0.3 is 0 Å². The van der Waals surface area contributed by atoms with Crippen LogP contribution in [-0.2, 0) is 0 Å². The van der Waals surface area contributed by atoms with Crippen LogP contribution < -0.4 is 10.1 Å². The molecule has 0 spiro atoms. The van der Waals surface area contributed by atoms with E-state index in [1.165, 1.54) is 31.2 Å². The highest BCUT2D eigenvalue weighted by Gasteiger charge is 2.21. The summed E-state index contributed by atoms with van der Waals surface area (Å²) in [6.07, 6.45) is 4.71. The van der Waals surface area contributed by atoms with E-state index in [-0.39, 0.29) is 0 Å². The zero-order chi connectivity index (χ0) is 15.9. The second kappa shape index (κ2) is 8.54. The van der Waals surface area contributed by atoms with Crippen LogP contribution in [0.15, 0.2) is 24.3 Å². The van der Waals surface area contributed by atoms with Crippen molar-refractivity contribution in [1.82, 2.24) is 5.32 Å². The molecule has 0 radical (unpaired) electrons. The standard InChI is InChI=1S/C19H31NO2/c1-14(2)17-9-5-7-11-19(17)22-13-16(21)12-20-18-10-6-4-8-15(18)3/h5,7,9,11,14-16,18,20-21H,4,6,8,10,12-13H2,1-3H3/t15-,16+,18+/m1/s1. The number of para-hydroxylation sites is 1. The fourth-order valence-electron chi connectivity index (χ4n) is 3.24. The average Bonchev–Trinajstić information content (AvgIpc) is 2.52. The molecular formula is C19H31NO2. The number of hydrogen-bond acceptors (Lipinski definition) is 3. The van der Waals surface area contributed by atoms with Crippen molar-refractivity contribution in [3.63, 3.8) is 0 Å². The minimum atomic E-state index is -0.464. The van der Waals surface area contributed by atoms with E-state index >= 15 is 0 Å². The molecule has 0 heterocycles. The summed E-state index contributed by atoms with van der Waals surface area (Å²) in [5.41, 5.74) is 1.20. The van der Waals surface area contributed by atoms with Crippen LogP contribution in [0.3, 0.4) is 0 Å². The number of rotatable bonds is 7. The van der Waals surface area contributed by atoms with E-state index in [4.69, 9.17) is 4.74 Å². The monoisotopic (exact) mass is 305 g/mol. The Kier molecular flexibility index (Phi) is 6.71. The van der Waals surface area contributed by atoms with E-state index in [2.05, 4.69) is 32.2 Å². The number of benzene rings is 1. The van der Waals surface area contributed by atoms with Crippen molar-refractivity contribution >= 4 is 0 Å². The van der Waals surface area contributed by atoms with Crippen molar-refractivity contribution in [3.05, 3.63) is 29.8 Å². The molecule has 3 atom stereocenters. The maximum atomic E-state index is 10.2. The van der Waals surface area contributed by atoms with Gasteiger partial charge in [0.05, 0.1) is 0 Å². The lowest BCUT2D eigenvalue weighted by molar-refractivity contribution is 0.0979. The van der Waals surface area contributed by atoms with Crippen molar-refractivity contribution in [2.45, 2.75) is 64.5 Å². The summed E-state index contributed by atoms with van der Waals surface area (Å²) in [6.45, 7) is 7.57. The number of aliphatic hydroxyl groups excluding tert-OH is 1. The van der Waals surface area contributed by atoms with Gasteiger partial charge in [-0.2, -0.15) is 0 Å². The first-order valence-corrected chi connectivity index (χ1v) is 8.71. The van der Waals surface area contributed by atoms with Gasteiger partial charge in [0.25, 0.3) is 0 Å². The van der Waals surface area contributed by atoms with Crippen LogP contribution >= 0.6 is 0 Å². The van der Waals surface area contributed by atoms with Gasteiger partial charge in [-0.3, -0.25) is 0 Å². The molecule has 0 aromatic heterocycles. The third-order valence-electron chi connectivity index (χ3n) is 4.70. The van der Waals surface area contributed by atoms with Crippen molar-refractivity contribution in [2.24, 2.45) is 5.92 Å².